The Balaban J connectivity index is 1.71. The normalized spacial score (nSPS) is 13.3. The second-order valence-electron chi connectivity index (χ2n) is 6.68. The van der Waals surface area contributed by atoms with E-state index in [1.54, 1.807) is 24.3 Å². The Hall–Kier alpha value is -2.53. The van der Waals surface area contributed by atoms with Gasteiger partial charge in [-0.2, -0.15) is 0 Å². The number of anilines is 3. The van der Waals surface area contributed by atoms with Crippen LogP contribution >= 0.6 is 11.6 Å². The zero-order chi connectivity index (χ0) is 18.7. The van der Waals surface area contributed by atoms with Crippen LogP contribution in [0.15, 0.2) is 42.5 Å². The SMILES string of the molecule is CC(C)C(=O)N1CCCc2cc(NC(=O)Nc3ccc(Cl)cc3)ccc21. The molecule has 1 aliphatic heterocycles. The van der Waals surface area contributed by atoms with E-state index < -0.39 is 0 Å². The number of halogens is 1. The minimum Gasteiger partial charge on any atom is -0.312 e. The standard InChI is InChI=1S/C20H22ClN3O2/c1-13(2)19(25)24-11-3-4-14-12-17(9-10-18(14)24)23-20(26)22-16-7-5-15(21)6-8-16/h5-10,12-13H,3-4,11H2,1-2H3,(H2,22,23,26). The highest BCUT2D eigenvalue weighted by atomic mass is 35.5. The van der Waals surface area contributed by atoms with Gasteiger partial charge in [-0.05, 0) is 60.9 Å². The molecule has 2 N–H and O–H groups in total. The molecule has 1 aliphatic rings. The highest BCUT2D eigenvalue weighted by molar-refractivity contribution is 6.30. The van der Waals surface area contributed by atoms with Crippen molar-refractivity contribution in [3.8, 4) is 0 Å². The van der Waals surface area contributed by atoms with Crippen molar-refractivity contribution in [3.05, 3.63) is 53.1 Å². The van der Waals surface area contributed by atoms with E-state index in [1.807, 2.05) is 36.9 Å². The Bertz CT molecular complexity index is 818. The van der Waals surface area contributed by atoms with Gasteiger partial charge in [0.05, 0.1) is 0 Å². The Morgan fingerprint density at radius 3 is 2.38 bits per heavy atom. The van der Waals surface area contributed by atoms with Gasteiger partial charge in [0.15, 0.2) is 0 Å². The molecule has 0 atom stereocenters. The maximum absolute atomic E-state index is 12.4. The van der Waals surface area contributed by atoms with Crippen LogP contribution in [0.2, 0.25) is 5.02 Å². The predicted molar refractivity (Wildman–Crippen MR) is 106 cm³/mol. The summed E-state index contributed by atoms with van der Waals surface area (Å²) in [6.45, 7) is 4.56. The molecular weight excluding hydrogens is 350 g/mol. The third-order valence-electron chi connectivity index (χ3n) is 4.32. The van der Waals surface area contributed by atoms with Gasteiger partial charge >= 0.3 is 6.03 Å². The van der Waals surface area contributed by atoms with Crippen molar-refractivity contribution < 1.29 is 9.59 Å². The van der Waals surface area contributed by atoms with E-state index in [1.165, 1.54) is 0 Å². The predicted octanol–water partition coefficient (Wildman–Crippen LogP) is 4.92. The van der Waals surface area contributed by atoms with Crippen molar-refractivity contribution in [1.29, 1.82) is 0 Å². The van der Waals surface area contributed by atoms with Crippen molar-refractivity contribution in [2.24, 2.45) is 5.92 Å². The van der Waals surface area contributed by atoms with Crippen LogP contribution in [-0.4, -0.2) is 18.5 Å². The molecule has 2 aromatic carbocycles. The first-order chi connectivity index (χ1) is 12.4. The van der Waals surface area contributed by atoms with E-state index >= 15 is 0 Å². The Labute approximate surface area is 158 Å². The highest BCUT2D eigenvalue weighted by Crippen LogP contribution is 2.30. The van der Waals surface area contributed by atoms with Gasteiger partial charge < -0.3 is 15.5 Å². The monoisotopic (exact) mass is 371 g/mol. The van der Waals surface area contributed by atoms with E-state index in [0.717, 1.165) is 30.6 Å². The molecule has 2 aromatic rings. The molecule has 0 spiro atoms. The quantitative estimate of drug-likeness (QED) is 0.804. The number of urea groups is 1. The van der Waals surface area contributed by atoms with E-state index in [4.69, 9.17) is 11.6 Å². The molecule has 3 rings (SSSR count). The van der Waals surface area contributed by atoms with Crippen LogP contribution in [0.4, 0.5) is 21.9 Å². The van der Waals surface area contributed by atoms with Crippen LogP contribution in [-0.2, 0) is 11.2 Å². The molecule has 136 valence electrons. The summed E-state index contributed by atoms with van der Waals surface area (Å²) in [5.41, 5.74) is 3.39. The van der Waals surface area contributed by atoms with E-state index in [-0.39, 0.29) is 17.9 Å². The van der Waals surface area contributed by atoms with Crippen LogP contribution in [0.1, 0.15) is 25.8 Å². The Morgan fingerprint density at radius 2 is 1.69 bits per heavy atom. The zero-order valence-corrected chi connectivity index (χ0v) is 15.6. The van der Waals surface area contributed by atoms with Gasteiger partial charge in [-0.15, -0.1) is 0 Å². The maximum Gasteiger partial charge on any atom is 0.323 e. The van der Waals surface area contributed by atoms with Crippen molar-refractivity contribution in [2.45, 2.75) is 26.7 Å². The number of benzene rings is 2. The summed E-state index contributed by atoms with van der Waals surface area (Å²) in [5, 5.41) is 6.22. The summed E-state index contributed by atoms with van der Waals surface area (Å²) >= 11 is 5.84. The van der Waals surface area contributed by atoms with E-state index in [9.17, 15) is 9.59 Å². The van der Waals surface area contributed by atoms with Gasteiger partial charge in [0.2, 0.25) is 5.91 Å². The van der Waals surface area contributed by atoms with Gasteiger partial charge in [0.25, 0.3) is 0 Å². The molecule has 1 heterocycles. The average molecular weight is 372 g/mol. The third-order valence-corrected chi connectivity index (χ3v) is 4.57. The molecule has 0 aromatic heterocycles. The molecule has 5 nitrogen and oxygen atoms in total. The summed E-state index contributed by atoms with van der Waals surface area (Å²) in [6, 6.07) is 12.3. The highest BCUT2D eigenvalue weighted by Gasteiger charge is 2.24. The van der Waals surface area contributed by atoms with Crippen LogP contribution < -0.4 is 15.5 Å². The summed E-state index contributed by atoms with van der Waals surface area (Å²) in [6.07, 6.45) is 1.82. The van der Waals surface area contributed by atoms with Gasteiger partial charge in [0, 0.05) is 34.5 Å². The number of rotatable bonds is 3. The largest absolute Gasteiger partial charge is 0.323 e. The van der Waals surface area contributed by atoms with Crippen molar-refractivity contribution in [2.75, 3.05) is 22.1 Å². The Kier molecular flexibility index (Phi) is 5.47. The number of hydrogen-bond acceptors (Lipinski definition) is 2. The second kappa shape index (κ2) is 7.79. The van der Waals surface area contributed by atoms with Gasteiger partial charge in [-0.25, -0.2) is 4.79 Å². The molecule has 0 saturated carbocycles. The van der Waals surface area contributed by atoms with Gasteiger partial charge in [0.1, 0.15) is 0 Å². The molecule has 0 saturated heterocycles. The second-order valence-corrected chi connectivity index (χ2v) is 7.11. The molecular formula is C20H22ClN3O2. The van der Waals surface area contributed by atoms with Crippen LogP contribution in [0.3, 0.4) is 0 Å². The molecule has 0 aliphatic carbocycles. The van der Waals surface area contributed by atoms with Crippen LogP contribution in [0, 0.1) is 5.92 Å². The number of hydrogen-bond donors (Lipinski definition) is 2. The Morgan fingerprint density at radius 1 is 1.04 bits per heavy atom. The van der Waals surface area contributed by atoms with Crippen molar-refractivity contribution in [3.63, 3.8) is 0 Å². The van der Waals surface area contributed by atoms with Crippen LogP contribution in [0.25, 0.3) is 0 Å². The number of fused-ring (bicyclic) bond motifs is 1. The number of aryl methyl sites for hydroxylation is 1. The molecule has 3 amide bonds. The first-order valence-corrected chi connectivity index (χ1v) is 9.09. The summed E-state index contributed by atoms with van der Waals surface area (Å²) in [7, 11) is 0. The summed E-state index contributed by atoms with van der Waals surface area (Å²) in [4.78, 5) is 26.4. The fraction of sp³-hybridized carbons (Fsp3) is 0.300. The number of nitrogens with one attached hydrogen (secondary N) is 2. The number of carbonyl (C=O) groups is 2. The number of amides is 3. The lowest BCUT2D eigenvalue weighted by Crippen LogP contribution is -2.38. The molecule has 6 heteroatoms. The minimum atomic E-state index is -0.321. The lowest BCUT2D eigenvalue weighted by atomic mass is 9.99. The van der Waals surface area contributed by atoms with Crippen LogP contribution in [0.5, 0.6) is 0 Å². The first kappa shape index (κ1) is 18.3. The first-order valence-electron chi connectivity index (χ1n) is 8.72. The lowest BCUT2D eigenvalue weighted by molar-refractivity contribution is -0.121. The smallest absolute Gasteiger partial charge is 0.312 e. The number of carbonyl (C=O) groups excluding carboxylic acids is 2. The van der Waals surface area contributed by atoms with Gasteiger partial charge in [-0.3, -0.25) is 4.79 Å². The van der Waals surface area contributed by atoms with E-state index in [2.05, 4.69) is 10.6 Å². The maximum atomic E-state index is 12.4. The molecule has 0 unspecified atom stereocenters. The molecule has 0 fully saturated rings. The third kappa shape index (κ3) is 4.17. The summed E-state index contributed by atoms with van der Waals surface area (Å²) in [5.74, 6) is 0.0936. The fourth-order valence-corrected chi connectivity index (χ4v) is 3.17. The summed E-state index contributed by atoms with van der Waals surface area (Å²) < 4.78 is 0. The topological polar surface area (TPSA) is 61.4 Å². The molecule has 26 heavy (non-hydrogen) atoms. The zero-order valence-electron chi connectivity index (χ0n) is 14.9. The number of nitrogens with zero attached hydrogens (tertiary/aromatic N) is 1. The van der Waals surface area contributed by atoms with Gasteiger partial charge in [-0.1, -0.05) is 25.4 Å². The minimum absolute atomic E-state index is 0.0381. The average Bonchev–Trinajstić information content (AvgIpc) is 2.62. The van der Waals surface area contributed by atoms with E-state index in [0.29, 0.717) is 16.4 Å². The van der Waals surface area contributed by atoms with Crippen molar-refractivity contribution >= 4 is 40.6 Å². The lowest BCUT2D eigenvalue weighted by Gasteiger charge is -2.31. The fourth-order valence-electron chi connectivity index (χ4n) is 3.04. The van der Waals surface area contributed by atoms with Crippen molar-refractivity contribution in [1.82, 2.24) is 0 Å². The molecule has 0 bridgehead atoms. The molecule has 0 radical (unpaired) electrons.